The Morgan fingerprint density at radius 3 is 2.69 bits per heavy atom. The summed E-state index contributed by atoms with van der Waals surface area (Å²) in [4.78, 5) is 11.2. The van der Waals surface area contributed by atoms with E-state index in [9.17, 15) is 4.79 Å². The van der Waals surface area contributed by atoms with E-state index >= 15 is 0 Å². The van der Waals surface area contributed by atoms with E-state index in [4.69, 9.17) is 11.5 Å². The fourth-order valence-electron chi connectivity index (χ4n) is 1.28. The fourth-order valence-corrected chi connectivity index (χ4v) is 1.28. The van der Waals surface area contributed by atoms with Gasteiger partial charge >= 0.3 is 0 Å². The van der Waals surface area contributed by atoms with Gasteiger partial charge in [0.05, 0.1) is 0 Å². The molecule has 0 fully saturated rings. The van der Waals surface area contributed by atoms with Crippen LogP contribution in [0.1, 0.15) is 18.4 Å². The molecule has 2 N–H and O–H groups in total. The Balaban J connectivity index is 2.23. The minimum Gasteiger partial charge on any atom is -0.508 e. The van der Waals surface area contributed by atoms with Crippen LogP contribution in [-0.2, 0) is 11.2 Å². The lowest BCUT2D eigenvalue weighted by Gasteiger charge is -2.04. The molecule has 0 spiro atoms. The maximum atomic E-state index is 11.2. The van der Waals surface area contributed by atoms with Crippen LogP contribution in [-0.4, -0.2) is 17.6 Å². The van der Waals surface area contributed by atoms with Crippen molar-refractivity contribution in [2.24, 2.45) is 0 Å². The number of carbonyl (C=O) groups is 1. The monoisotopic (exact) mass is 217 g/mol. The number of hydrogen-bond donors (Lipinski definition) is 2. The molecule has 16 heavy (non-hydrogen) atoms. The molecule has 84 valence electrons. The summed E-state index contributed by atoms with van der Waals surface area (Å²) in [6, 6.07) is 6.94. The van der Waals surface area contributed by atoms with E-state index in [0.29, 0.717) is 19.4 Å². The molecule has 0 unspecified atom stereocenters. The van der Waals surface area contributed by atoms with Crippen molar-refractivity contribution >= 4 is 5.91 Å². The second kappa shape index (κ2) is 6.52. The summed E-state index contributed by atoms with van der Waals surface area (Å²) >= 11 is 0. The summed E-state index contributed by atoms with van der Waals surface area (Å²) in [6.45, 7) is 0.591. The van der Waals surface area contributed by atoms with Gasteiger partial charge in [-0.25, -0.2) is 0 Å². The van der Waals surface area contributed by atoms with Crippen LogP contribution in [0.15, 0.2) is 24.3 Å². The van der Waals surface area contributed by atoms with E-state index in [1.54, 1.807) is 12.1 Å². The lowest BCUT2D eigenvalue weighted by Crippen LogP contribution is -2.25. The highest BCUT2D eigenvalue weighted by Crippen LogP contribution is 2.09. The van der Waals surface area contributed by atoms with Gasteiger partial charge in [-0.05, 0) is 24.1 Å². The van der Waals surface area contributed by atoms with Crippen LogP contribution < -0.4 is 5.32 Å². The normalized spacial score (nSPS) is 9.44. The average Bonchev–Trinajstić information content (AvgIpc) is 2.29. The number of terminal acetylenes is 1. The molecule has 0 aromatic heterocycles. The molecule has 0 heterocycles. The van der Waals surface area contributed by atoms with Gasteiger partial charge in [0.2, 0.25) is 5.91 Å². The van der Waals surface area contributed by atoms with Crippen LogP contribution in [0.25, 0.3) is 0 Å². The summed E-state index contributed by atoms with van der Waals surface area (Å²) in [5, 5.41) is 11.9. The van der Waals surface area contributed by atoms with Crippen LogP contribution in [0, 0.1) is 12.3 Å². The number of amides is 1. The maximum Gasteiger partial charge on any atom is 0.220 e. The van der Waals surface area contributed by atoms with Crippen molar-refractivity contribution in [2.75, 3.05) is 6.54 Å². The minimum atomic E-state index is -0.0169. The second-order valence-corrected chi connectivity index (χ2v) is 3.47. The number of carbonyl (C=O) groups excluding carboxylic acids is 1. The highest BCUT2D eigenvalue weighted by molar-refractivity contribution is 5.76. The smallest absolute Gasteiger partial charge is 0.220 e. The maximum absolute atomic E-state index is 11.2. The van der Waals surface area contributed by atoms with Crippen molar-refractivity contribution in [3.05, 3.63) is 29.8 Å². The molecule has 1 aromatic carbocycles. The lowest BCUT2D eigenvalue weighted by atomic mass is 10.1. The molecule has 3 nitrogen and oxygen atoms in total. The van der Waals surface area contributed by atoms with E-state index in [-0.39, 0.29) is 11.7 Å². The van der Waals surface area contributed by atoms with Crippen LogP contribution >= 0.6 is 0 Å². The van der Waals surface area contributed by atoms with E-state index < -0.39 is 0 Å². The number of rotatable bonds is 5. The SMILES string of the molecule is C#CCCC(=O)NCCc1ccc(O)cc1. The molecule has 3 heteroatoms. The van der Waals surface area contributed by atoms with Crippen molar-refractivity contribution in [3.8, 4) is 18.1 Å². The summed E-state index contributed by atoms with van der Waals surface area (Å²) in [5.41, 5.74) is 1.08. The number of nitrogens with one attached hydrogen (secondary N) is 1. The zero-order valence-electron chi connectivity index (χ0n) is 9.07. The fraction of sp³-hybridized carbons (Fsp3) is 0.308. The zero-order chi connectivity index (χ0) is 11.8. The average molecular weight is 217 g/mol. The van der Waals surface area contributed by atoms with Crippen LogP contribution in [0.4, 0.5) is 0 Å². The predicted octanol–water partition coefficient (Wildman–Crippen LogP) is 1.46. The van der Waals surface area contributed by atoms with Crippen molar-refractivity contribution in [1.82, 2.24) is 5.32 Å². The molecular formula is C13H15NO2. The summed E-state index contributed by atoms with van der Waals surface area (Å²) < 4.78 is 0. The summed E-state index contributed by atoms with van der Waals surface area (Å²) in [5.74, 6) is 2.66. The van der Waals surface area contributed by atoms with Gasteiger partial charge in [-0.1, -0.05) is 12.1 Å². The third-order valence-corrected chi connectivity index (χ3v) is 2.17. The Kier molecular flexibility index (Phi) is 4.94. The van der Waals surface area contributed by atoms with Crippen molar-refractivity contribution < 1.29 is 9.90 Å². The van der Waals surface area contributed by atoms with E-state index in [1.165, 1.54) is 0 Å². The third-order valence-electron chi connectivity index (χ3n) is 2.17. The molecule has 0 atom stereocenters. The molecule has 1 aromatic rings. The first-order chi connectivity index (χ1) is 7.72. The summed E-state index contributed by atoms with van der Waals surface area (Å²) in [6.07, 6.45) is 6.67. The molecule has 0 aliphatic heterocycles. The molecule has 0 saturated heterocycles. The minimum absolute atomic E-state index is 0.0169. The van der Waals surface area contributed by atoms with Gasteiger partial charge in [-0.2, -0.15) is 0 Å². The van der Waals surface area contributed by atoms with Crippen molar-refractivity contribution in [2.45, 2.75) is 19.3 Å². The molecule has 0 saturated carbocycles. The highest BCUT2D eigenvalue weighted by Gasteiger charge is 1.99. The van der Waals surface area contributed by atoms with Gasteiger partial charge in [0.1, 0.15) is 5.75 Å². The lowest BCUT2D eigenvalue weighted by molar-refractivity contribution is -0.120. The van der Waals surface area contributed by atoms with Gasteiger partial charge in [-0.15, -0.1) is 12.3 Å². The van der Waals surface area contributed by atoms with Crippen molar-refractivity contribution in [1.29, 1.82) is 0 Å². The van der Waals surface area contributed by atoms with Crippen LogP contribution in [0.5, 0.6) is 5.75 Å². The molecule has 0 bridgehead atoms. The molecule has 1 amide bonds. The largest absolute Gasteiger partial charge is 0.508 e. The van der Waals surface area contributed by atoms with E-state index in [1.807, 2.05) is 12.1 Å². The summed E-state index contributed by atoms with van der Waals surface area (Å²) in [7, 11) is 0. The second-order valence-electron chi connectivity index (χ2n) is 3.47. The zero-order valence-corrected chi connectivity index (χ0v) is 9.07. The predicted molar refractivity (Wildman–Crippen MR) is 62.9 cm³/mol. The Hall–Kier alpha value is -1.95. The first-order valence-electron chi connectivity index (χ1n) is 5.20. The number of hydrogen-bond acceptors (Lipinski definition) is 2. The van der Waals surface area contributed by atoms with Gasteiger partial charge in [0.25, 0.3) is 0 Å². The Morgan fingerprint density at radius 2 is 2.06 bits per heavy atom. The van der Waals surface area contributed by atoms with Crippen LogP contribution in [0.3, 0.4) is 0 Å². The van der Waals surface area contributed by atoms with Gasteiger partial charge in [0.15, 0.2) is 0 Å². The molecule has 0 radical (unpaired) electrons. The molecule has 1 rings (SSSR count). The van der Waals surface area contributed by atoms with Gasteiger partial charge in [-0.3, -0.25) is 4.79 Å². The number of aromatic hydroxyl groups is 1. The topological polar surface area (TPSA) is 49.3 Å². The van der Waals surface area contributed by atoms with Crippen LogP contribution in [0.2, 0.25) is 0 Å². The van der Waals surface area contributed by atoms with Gasteiger partial charge < -0.3 is 10.4 Å². The molecule has 0 aliphatic rings. The molecular weight excluding hydrogens is 202 g/mol. The van der Waals surface area contributed by atoms with E-state index in [0.717, 1.165) is 12.0 Å². The first-order valence-corrected chi connectivity index (χ1v) is 5.20. The van der Waals surface area contributed by atoms with Gasteiger partial charge in [0, 0.05) is 19.4 Å². The number of benzene rings is 1. The number of phenolic OH excluding ortho intramolecular Hbond substituents is 1. The quantitative estimate of drug-likeness (QED) is 0.734. The third kappa shape index (κ3) is 4.52. The standard InChI is InChI=1S/C13H15NO2/c1-2-3-4-13(16)14-10-9-11-5-7-12(15)8-6-11/h1,5-8,15H,3-4,9-10H2,(H,14,16). The van der Waals surface area contributed by atoms with E-state index in [2.05, 4.69) is 11.2 Å². The highest BCUT2D eigenvalue weighted by atomic mass is 16.3. The Morgan fingerprint density at radius 1 is 1.38 bits per heavy atom. The Labute approximate surface area is 95.5 Å². The molecule has 0 aliphatic carbocycles. The number of phenols is 1. The Bertz CT molecular complexity index is 376. The van der Waals surface area contributed by atoms with Crippen molar-refractivity contribution in [3.63, 3.8) is 0 Å². The first kappa shape index (κ1) is 12.1.